The summed E-state index contributed by atoms with van der Waals surface area (Å²) in [6.07, 6.45) is 2.43. The van der Waals surface area contributed by atoms with Crippen LogP contribution in [0.1, 0.15) is 59.2 Å². The number of esters is 1. The van der Waals surface area contributed by atoms with Gasteiger partial charge in [0.25, 0.3) is 0 Å². The lowest BCUT2D eigenvalue weighted by Gasteiger charge is -2.23. The highest BCUT2D eigenvalue weighted by Crippen LogP contribution is 2.12. The molecule has 0 unspecified atom stereocenters. The molecule has 32 heavy (non-hydrogen) atoms. The lowest BCUT2D eigenvalue weighted by Crippen LogP contribution is -2.45. The molecule has 1 aromatic heterocycles. The van der Waals surface area contributed by atoms with Crippen molar-refractivity contribution in [3.8, 4) is 0 Å². The molecule has 0 bridgehead atoms. The van der Waals surface area contributed by atoms with Crippen LogP contribution in [-0.2, 0) is 32.0 Å². The van der Waals surface area contributed by atoms with Gasteiger partial charge in [0.2, 0.25) is 0 Å². The fraction of sp³-hybridized carbons (Fsp3) is 0.500. The number of benzene rings is 1. The van der Waals surface area contributed by atoms with Crippen molar-refractivity contribution in [3.05, 3.63) is 54.1 Å². The maximum atomic E-state index is 12.8. The minimum absolute atomic E-state index is 0.128. The van der Waals surface area contributed by atoms with Crippen LogP contribution in [0.4, 0.5) is 4.79 Å². The van der Waals surface area contributed by atoms with Gasteiger partial charge in [0.1, 0.15) is 17.6 Å². The highest BCUT2D eigenvalue weighted by Gasteiger charge is 2.28. The van der Waals surface area contributed by atoms with Crippen molar-refractivity contribution in [2.45, 2.75) is 78.2 Å². The number of hydrogen-bond donors (Lipinski definition) is 1. The molecule has 0 aliphatic heterocycles. The molecular weight excluding hydrogens is 410 g/mol. The van der Waals surface area contributed by atoms with Gasteiger partial charge in [0.05, 0.1) is 18.1 Å². The lowest BCUT2D eigenvalue weighted by molar-refractivity contribution is -0.156. The molecule has 8 nitrogen and oxygen atoms in total. The van der Waals surface area contributed by atoms with Crippen LogP contribution in [-0.4, -0.2) is 44.6 Å². The lowest BCUT2D eigenvalue weighted by atomic mass is 10.0. The second-order valence-electron chi connectivity index (χ2n) is 9.66. The topological polar surface area (TPSA) is 99.5 Å². The first-order valence-corrected chi connectivity index (χ1v) is 10.6. The molecular formula is C24H33N3O5. The van der Waals surface area contributed by atoms with E-state index in [2.05, 4.69) is 10.3 Å². The number of amides is 1. The average Bonchev–Trinajstić information content (AvgIpc) is 3.05. The first kappa shape index (κ1) is 25.1. The van der Waals surface area contributed by atoms with Gasteiger partial charge in [-0.1, -0.05) is 30.3 Å². The van der Waals surface area contributed by atoms with E-state index in [1.54, 1.807) is 47.9 Å². The first-order chi connectivity index (χ1) is 14.8. The average molecular weight is 444 g/mol. The minimum atomic E-state index is -0.975. The molecule has 1 aromatic carbocycles. The Labute approximate surface area is 189 Å². The number of Topliss-reactive ketones (excluding diaryl/α,β-unsaturated/α-hetero) is 1. The molecule has 174 valence electrons. The van der Waals surface area contributed by atoms with Crippen molar-refractivity contribution in [2.24, 2.45) is 0 Å². The molecule has 2 aromatic rings. The van der Waals surface area contributed by atoms with E-state index in [0.29, 0.717) is 12.2 Å². The van der Waals surface area contributed by atoms with Gasteiger partial charge < -0.3 is 19.4 Å². The van der Waals surface area contributed by atoms with Crippen LogP contribution < -0.4 is 5.32 Å². The summed E-state index contributed by atoms with van der Waals surface area (Å²) in [6, 6.07) is 8.92. The Morgan fingerprint density at radius 1 is 1.00 bits per heavy atom. The number of imidazole rings is 1. The normalized spacial score (nSPS) is 12.7. The summed E-state index contributed by atoms with van der Waals surface area (Å²) in [7, 11) is 0. The Hall–Kier alpha value is -3.16. The number of ketones is 1. The quantitative estimate of drug-likeness (QED) is 0.494. The Bertz CT molecular complexity index is 923. The third-order valence-electron chi connectivity index (χ3n) is 4.13. The zero-order chi connectivity index (χ0) is 23.9. The number of nitrogens with one attached hydrogen (secondary N) is 1. The molecule has 1 heterocycles. The number of alkyl carbamates (subject to hydrolysis) is 1. The van der Waals surface area contributed by atoms with Crippen molar-refractivity contribution in [2.75, 3.05) is 0 Å². The maximum absolute atomic E-state index is 12.8. The van der Waals surface area contributed by atoms with Crippen molar-refractivity contribution in [3.63, 3.8) is 0 Å². The van der Waals surface area contributed by atoms with Gasteiger partial charge in [-0.25, -0.2) is 9.78 Å². The molecule has 8 heteroatoms. The van der Waals surface area contributed by atoms with E-state index in [4.69, 9.17) is 9.47 Å². The number of carbonyl (C=O) groups excluding carboxylic acids is 3. The molecule has 0 aliphatic carbocycles. The van der Waals surface area contributed by atoms with Gasteiger partial charge >= 0.3 is 12.1 Å². The number of hydrogen-bond acceptors (Lipinski definition) is 6. The molecule has 1 N–H and O–H groups in total. The van der Waals surface area contributed by atoms with Gasteiger partial charge in [-0.15, -0.1) is 0 Å². The Morgan fingerprint density at radius 3 is 2.22 bits per heavy atom. The Morgan fingerprint density at radius 2 is 1.62 bits per heavy atom. The van der Waals surface area contributed by atoms with E-state index in [0.717, 1.165) is 5.56 Å². The van der Waals surface area contributed by atoms with E-state index in [-0.39, 0.29) is 6.42 Å². The predicted molar refractivity (Wildman–Crippen MR) is 120 cm³/mol. The summed E-state index contributed by atoms with van der Waals surface area (Å²) in [5.74, 6) is -1.11. The SMILES string of the molecule is CC(C)(C)OC(=O)CC(=O)[C@H](Cc1cn(Cc2ccccc2)cn1)NC(=O)OC(C)(C)C. The van der Waals surface area contributed by atoms with Gasteiger partial charge in [-0.05, 0) is 47.1 Å². The first-order valence-electron chi connectivity index (χ1n) is 10.6. The number of aromatic nitrogens is 2. The summed E-state index contributed by atoms with van der Waals surface area (Å²) in [6.45, 7) is 11.0. The summed E-state index contributed by atoms with van der Waals surface area (Å²) >= 11 is 0. The fourth-order valence-electron chi connectivity index (χ4n) is 2.94. The molecule has 0 spiro atoms. The zero-order valence-electron chi connectivity index (χ0n) is 19.7. The maximum Gasteiger partial charge on any atom is 0.408 e. The van der Waals surface area contributed by atoms with Crippen LogP contribution in [0.2, 0.25) is 0 Å². The van der Waals surface area contributed by atoms with E-state index in [1.165, 1.54) is 0 Å². The molecule has 2 rings (SSSR count). The second-order valence-corrected chi connectivity index (χ2v) is 9.66. The molecule has 1 amide bonds. The molecule has 0 aliphatic rings. The Balaban J connectivity index is 2.10. The summed E-state index contributed by atoms with van der Waals surface area (Å²) in [4.78, 5) is 41.6. The van der Waals surface area contributed by atoms with Gasteiger partial charge in [-0.3, -0.25) is 9.59 Å². The van der Waals surface area contributed by atoms with Crippen molar-refractivity contribution in [1.82, 2.24) is 14.9 Å². The van der Waals surface area contributed by atoms with Crippen LogP contribution in [0.5, 0.6) is 0 Å². The largest absolute Gasteiger partial charge is 0.460 e. The number of ether oxygens (including phenoxy) is 2. The van der Waals surface area contributed by atoms with Crippen molar-refractivity contribution in [1.29, 1.82) is 0 Å². The third kappa shape index (κ3) is 9.32. The number of nitrogens with zero attached hydrogens (tertiary/aromatic N) is 2. The zero-order valence-corrected chi connectivity index (χ0v) is 19.7. The standard InChI is InChI=1S/C24H33N3O5/c1-23(2,3)31-21(29)13-20(28)19(26-22(30)32-24(4,5)6)12-18-15-27(16-25-18)14-17-10-8-7-9-11-17/h7-11,15-16,19H,12-14H2,1-6H3,(H,26,30)/t19-/m0/s1. The summed E-state index contributed by atoms with van der Waals surface area (Å²) in [5.41, 5.74) is 0.294. The smallest absolute Gasteiger partial charge is 0.408 e. The molecule has 0 saturated carbocycles. The molecule has 0 radical (unpaired) electrons. The summed E-state index contributed by atoms with van der Waals surface area (Å²) in [5, 5.41) is 2.58. The van der Waals surface area contributed by atoms with E-state index < -0.39 is 41.5 Å². The molecule has 0 fully saturated rings. The number of carbonyl (C=O) groups is 3. The summed E-state index contributed by atoms with van der Waals surface area (Å²) < 4.78 is 12.4. The molecule has 0 saturated heterocycles. The van der Waals surface area contributed by atoms with Crippen LogP contribution in [0, 0.1) is 0 Å². The second kappa shape index (κ2) is 10.4. The predicted octanol–water partition coefficient (Wildman–Crippen LogP) is 3.67. The van der Waals surface area contributed by atoms with Crippen LogP contribution in [0.3, 0.4) is 0 Å². The molecule has 1 atom stereocenters. The highest BCUT2D eigenvalue weighted by molar-refractivity contribution is 5.99. The van der Waals surface area contributed by atoms with Crippen LogP contribution in [0.25, 0.3) is 0 Å². The van der Waals surface area contributed by atoms with Gasteiger partial charge in [0, 0.05) is 19.2 Å². The Kier molecular flexibility index (Phi) is 8.19. The minimum Gasteiger partial charge on any atom is -0.460 e. The fourth-order valence-corrected chi connectivity index (χ4v) is 2.94. The van der Waals surface area contributed by atoms with Gasteiger partial charge in [-0.2, -0.15) is 0 Å². The van der Waals surface area contributed by atoms with Crippen LogP contribution in [0.15, 0.2) is 42.9 Å². The van der Waals surface area contributed by atoms with E-state index >= 15 is 0 Å². The monoisotopic (exact) mass is 443 g/mol. The van der Waals surface area contributed by atoms with Crippen molar-refractivity contribution >= 4 is 17.8 Å². The van der Waals surface area contributed by atoms with E-state index in [1.807, 2.05) is 41.1 Å². The third-order valence-corrected chi connectivity index (χ3v) is 4.13. The number of rotatable bonds is 8. The van der Waals surface area contributed by atoms with Crippen molar-refractivity contribution < 1.29 is 23.9 Å². The highest BCUT2D eigenvalue weighted by atomic mass is 16.6. The van der Waals surface area contributed by atoms with Crippen LogP contribution >= 0.6 is 0 Å². The van der Waals surface area contributed by atoms with Gasteiger partial charge in [0.15, 0.2) is 5.78 Å². The van der Waals surface area contributed by atoms with E-state index in [9.17, 15) is 14.4 Å².